The summed E-state index contributed by atoms with van der Waals surface area (Å²) in [6.07, 6.45) is 2.84. The number of hydrogen-bond acceptors (Lipinski definition) is 2. The maximum Gasteiger partial charge on any atom is 0.118 e. The van der Waals surface area contributed by atoms with Gasteiger partial charge in [-0.3, -0.25) is 0 Å². The van der Waals surface area contributed by atoms with Crippen molar-refractivity contribution in [3.63, 3.8) is 0 Å². The van der Waals surface area contributed by atoms with Crippen LogP contribution in [0.2, 0.25) is 0 Å². The van der Waals surface area contributed by atoms with E-state index in [1.165, 1.54) is 5.56 Å². The van der Waals surface area contributed by atoms with Crippen LogP contribution in [0, 0.1) is 5.41 Å². The lowest BCUT2D eigenvalue weighted by molar-refractivity contribution is 0.415. The molecule has 0 heterocycles. The van der Waals surface area contributed by atoms with Gasteiger partial charge in [0.2, 0.25) is 0 Å². The Balaban J connectivity index is 1.84. The van der Waals surface area contributed by atoms with E-state index in [4.69, 9.17) is 10.1 Å². The molecule has 98 valence electrons. The molecule has 0 fully saturated rings. The van der Waals surface area contributed by atoms with Gasteiger partial charge in [-0.2, -0.15) is 0 Å². The highest BCUT2D eigenvalue weighted by atomic mass is 16.5. The van der Waals surface area contributed by atoms with Crippen LogP contribution in [0.15, 0.2) is 54.6 Å². The molecule has 0 spiro atoms. The molecular formula is C17H19NO. The predicted octanol–water partition coefficient (Wildman–Crippen LogP) is 4.09. The zero-order valence-corrected chi connectivity index (χ0v) is 11.2. The smallest absolute Gasteiger partial charge is 0.118 e. The normalized spacial score (nSPS) is 10.2. The molecule has 0 saturated carbocycles. The van der Waals surface area contributed by atoms with Gasteiger partial charge in [-0.15, -0.1) is 0 Å². The lowest BCUT2D eigenvalue weighted by atomic mass is 10.0. The zero-order valence-electron chi connectivity index (χ0n) is 11.2. The summed E-state index contributed by atoms with van der Waals surface area (Å²) in [6.45, 7) is 0. The van der Waals surface area contributed by atoms with E-state index in [1.807, 2.05) is 30.3 Å². The van der Waals surface area contributed by atoms with Crippen LogP contribution in [0.5, 0.6) is 5.75 Å². The summed E-state index contributed by atoms with van der Waals surface area (Å²) in [5, 5.41) is 8.08. The highest BCUT2D eigenvalue weighted by Crippen LogP contribution is 2.14. The first kappa shape index (κ1) is 13.3. The Morgan fingerprint density at radius 3 is 2.32 bits per heavy atom. The molecule has 2 rings (SSSR count). The average Bonchev–Trinajstić information content (AvgIpc) is 2.48. The molecule has 0 amide bonds. The Hall–Kier alpha value is -2.09. The predicted molar refractivity (Wildman–Crippen MR) is 79.2 cm³/mol. The van der Waals surface area contributed by atoms with Gasteiger partial charge in [0.05, 0.1) is 7.11 Å². The van der Waals surface area contributed by atoms with Crippen LogP contribution in [-0.2, 0) is 6.42 Å². The van der Waals surface area contributed by atoms with E-state index in [0.29, 0.717) is 5.71 Å². The molecule has 19 heavy (non-hydrogen) atoms. The van der Waals surface area contributed by atoms with Crippen LogP contribution in [0.4, 0.5) is 0 Å². The van der Waals surface area contributed by atoms with Gasteiger partial charge in [0.25, 0.3) is 0 Å². The summed E-state index contributed by atoms with van der Waals surface area (Å²) >= 11 is 0. The topological polar surface area (TPSA) is 33.1 Å². The monoisotopic (exact) mass is 253 g/mol. The van der Waals surface area contributed by atoms with E-state index >= 15 is 0 Å². The fourth-order valence-corrected chi connectivity index (χ4v) is 2.05. The lowest BCUT2D eigenvalue weighted by Crippen LogP contribution is -2.00. The van der Waals surface area contributed by atoms with Gasteiger partial charge in [0.15, 0.2) is 0 Å². The quantitative estimate of drug-likeness (QED) is 0.773. The molecule has 0 bridgehead atoms. The first-order chi connectivity index (χ1) is 9.29. The minimum absolute atomic E-state index is 0.693. The van der Waals surface area contributed by atoms with Crippen molar-refractivity contribution in [3.8, 4) is 5.75 Å². The summed E-state index contributed by atoms with van der Waals surface area (Å²) < 4.78 is 5.12. The molecule has 0 aliphatic heterocycles. The van der Waals surface area contributed by atoms with Crippen molar-refractivity contribution in [2.24, 2.45) is 0 Å². The molecule has 0 aliphatic carbocycles. The summed E-state index contributed by atoms with van der Waals surface area (Å²) in [4.78, 5) is 0. The molecule has 0 radical (unpaired) electrons. The van der Waals surface area contributed by atoms with E-state index in [9.17, 15) is 0 Å². The number of hydrogen-bond donors (Lipinski definition) is 1. The van der Waals surface area contributed by atoms with Crippen LogP contribution in [0.3, 0.4) is 0 Å². The lowest BCUT2D eigenvalue weighted by Gasteiger charge is -2.06. The first-order valence-corrected chi connectivity index (χ1v) is 6.55. The van der Waals surface area contributed by atoms with Gasteiger partial charge in [-0.05, 0) is 54.7 Å². The van der Waals surface area contributed by atoms with Crippen LogP contribution in [0.25, 0.3) is 0 Å². The number of nitrogens with one attached hydrogen (secondary N) is 1. The molecule has 0 saturated heterocycles. The molecule has 0 aromatic heterocycles. The SMILES string of the molecule is COc1ccc(C(=N)CCCc2ccccc2)cc1. The minimum Gasteiger partial charge on any atom is -0.497 e. The fourth-order valence-electron chi connectivity index (χ4n) is 2.05. The molecule has 2 heteroatoms. The number of ether oxygens (including phenoxy) is 1. The van der Waals surface area contributed by atoms with Crippen molar-refractivity contribution in [2.45, 2.75) is 19.3 Å². The largest absolute Gasteiger partial charge is 0.497 e. The van der Waals surface area contributed by atoms with E-state index in [0.717, 1.165) is 30.6 Å². The Morgan fingerprint density at radius 2 is 1.68 bits per heavy atom. The fraction of sp³-hybridized carbons (Fsp3) is 0.235. The third-order valence-electron chi connectivity index (χ3n) is 3.17. The van der Waals surface area contributed by atoms with Crippen LogP contribution in [0.1, 0.15) is 24.0 Å². The molecule has 2 nitrogen and oxygen atoms in total. The highest BCUT2D eigenvalue weighted by molar-refractivity contribution is 5.98. The molecule has 0 unspecified atom stereocenters. The van der Waals surface area contributed by atoms with E-state index in [-0.39, 0.29) is 0 Å². The van der Waals surface area contributed by atoms with Crippen molar-refractivity contribution in [1.82, 2.24) is 0 Å². The van der Waals surface area contributed by atoms with Crippen LogP contribution >= 0.6 is 0 Å². The van der Waals surface area contributed by atoms with E-state index in [2.05, 4.69) is 24.3 Å². The molecule has 2 aromatic rings. The third-order valence-corrected chi connectivity index (χ3v) is 3.17. The number of benzene rings is 2. The standard InChI is InChI=1S/C17H19NO/c1-19-16-12-10-15(11-13-16)17(18)9-5-8-14-6-3-2-4-7-14/h2-4,6-7,10-13,18H,5,8-9H2,1H3. The molecule has 2 aromatic carbocycles. The zero-order chi connectivity index (χ0) is 13.5. The van der Waals surface area contributed by atoms with Gasteiger partial charge < -0.3 is 10.1 Å². The Kier molecular flexibility index (Phi) is 4.73. The van der Waals surface area contributed by atoms with Gasteiger partial charge in [0, 0.05) is 5.71 Å². The van der Waals surface area contributed by atoms with Crippen LogP contribution in [-0.4, -0.2) is 12.8 Å². The second-order valence-corrected chi connectivity index (χ2v) is 4.55. The van der Waals surface area contributed by atoms with Crippen molar-refractivity contribution in [2.75, 3.05) is 7.11 Å². The Labute approximate surface area is 114 Å². The minimum atomic E-state index is 0.693. The van der Waals surface area contributed by atoms with Crippen molar-refractivity contribution in [1.29, 1.82) is 5.41 Å². The second-order valence-electron chi connectivity index (χ2n) is 4.55. The summed E-state index contributed by atoms with van der Waals surface area (Å²) in [7, 11) is 1.65. The summed E-state index contributed by atoms with van der Waals surface area (Å²) in [5.41, 5.74) is 3.01. The third kappa shape index (κ3) is 3.95. The average molecular weight is 253 g/mol. The Morgan fingerprint density at radius 1 is 1.00 bits per heavy atom. The number of rotatable bonds is 6. The first-order valence-electron chi connectivity index (χ1n) is 6.55. The number of aryl methyl sites for hydroxylation is 1. The van der Waals surface area contributed by atoms with Crippen molar-refractivity contribution in [3.05, 3.63) is 65.7 Å². The van der Waals surface area contributed by atoms with Gasteiger partial charge in [-0.1, -0.05) is 30.3 Å². The second kappa shape index (κ2) is 6.74. The maximum atomic E-state index is 8.08. The number of methoxy groups -OCH3 is 1. The van der Waals surface area contributed by atoms with Gasteiger partial charge in [0.1, 0.15) is 5.75 Å². The molecule has 0 aliphatic rings. The highest BCUT2D eigenvalue weighted by Gasteiger charge is 2.02. The van der Waals surface area contributed by atoms with Crippen molar-refractivity contribution >= 4 is 5.71 Å². The maximum absolute atomic E-state index is 8.08. The molecule has 1 N–H and O–H groups in total. The van der Waals surface area contributed by atoms with E-state index in [1.54, 1.807) is 7.11 Å². The summed E-state index contributed by atoms with van der Waals surface area (Å²) in [5.74, 6) is 0.834. The van der Waals surface area contributed by atoms with Gasteiger partial charge >= 0.3 is 0 Å². The van der Waals surface area contributed by atoms with Gasteiger partial charge in [-0.25, -0.2) is 0 Å². The van der Waals surface area contributed by atoms with Crippen molar-refractivity contribution < 1.29 is 4.74 Å². The molecular weight excluding hydrogens is 234 g/mol. The van der Waals surface area contributed by atoms with E-state index < -0.39 is 0 Å². The Bertz CT molecular complexity index is 517. The summed E-state index contributed by atoms with van der Waals surface area (Å²) in [6, 6.07) is 18.1. The van der Waals surface area contributed by atoms with Crippen LogP contribution < -0.4 is 4.74 Å². The molecule has 0 atom stereocenters.